The first-order valence-corrected chi connectivity index (χ1v) is 5.62. The van der Waals surface area contributed by atoms with Crippen LogP contribution in [0.3, 0.4) is 0 Å². The third kappa shape index (κ3) is 2.72. The minimum absolute atomic E-state index is 0.0833. The fourth-order valence-electron chi connectivity index (χ4n) is 1.73. The largest absolute Gasteiger partial charge is 0.339 e. The second-order valence-corrected chi connectivity index (χ2v) is 4.67. The van der Waals surface area contributed by atoms with Crippen LogP contribution >= 0.6 is 0 Å². The number of likely N-dealkylation sites (N-methyl/N-ethyl adjacent to an activating group) is 1. The van der Waals surface area contributed by atoms with Crippen molar-refractivity contribution in [3.05, 3.63) is 0 Å². The van der Waals surface area contributed by atoms with Gasteiger partial charge in [0.2, 0.25) is 11.8 Å². The summed E-state index contributed by atoms with van der Waals surface area (Å²) in [6, 6.07) is 0. The molecule has 1 aliphatic heterocycles. The van der Waals surface area contributed by atoms with E-state index in [-0.39, 0.29) is 11.8 Å². The van der Waals surface area contributed by atoms with Gasteiger partial charge in [-0.25, -0.2) is 0 Å². The number of amides is 2. The van der Waals surface area contributed by atoms with Crippen LogP contribution in [0.2, 0.25) is 0 Å². The van der Waals surface area contributed by atoms with Gasteiger partial charge in [0, 0.05) is 33.1 Å². The predicted octanol–water partition coefficient (Wildman–Crippen LogP) is -0.325. The van der Waals surface area contributed by atoms with Gasteiger partial charge in [0.05, 0.1) is 5.54 Å². The Morgan fingerprint density at radius 1 is 1.06 bits per heavy atom. The number of piperazine rings is 1. The molecular formula is C11H21N3O2. The fourth-order valence-corrected chi connectivity index (χ4v) is 1.73. The maximum absolute atomic E-state index is 12.1. The molecule has 5 nitrogen and oxygen atoms in total. The van der Waals surface area contributed by atoms with Gasteiger partial charge in [-0.1, -0.05) is 0 Å². The first-order chi connectivity index (χ1) is 7.38. The van der Waals surface area contributed by atoms with Crippen LogP contribution in [0.1, 0.15) is 20.8 Å². The monoisotopic (exact) mass is 227 g/mol. The topological polar surface area (TPSA) is 52.7 Å². The Bertz CT molecular complexity index is 281. The molecule has 0 radical (unpaired) electrons. The van der Waals surface area contributed by atoms with Gasteiger partial charge in [0.1, 0.15) is 0 Å². The third-order valence-corrected chi connectivity index (χ3v) is 3.17. The molecule has 0 spiro atoms. The summed E-state index contributed by atoms with van der Waals surface area (Å²) >= 11 is 0. The summed E-state index contributed by atoms with van der Waals surface area (Å²) < 4.78 is 0. The van der Waals surface area contributed by atoms with Crippen molar-refractivity contribution in [3.8, 4) is 0 Å². The Kier molecular flexibility index (Phi) is 3.91. The zero-order valence-corrected chi connectivity index (χ0v) is 10.5. The molecular weight excluding hydrogens is 206 g/mol. The molecule has 2 amide bonds. The van der Waals surface area contributed by atoms with Crippen LogP contribution in [-0.4, -0.2) is 60.4 Å². The lowest BCUT2D eigenvalue weighted by molar-refractivity contribution is -0.142. The molecule has 1 rings (SSSR count). The summed E-state index contributed by atoms with van der Waals surface area (Å²) in [6.45, 7) is 7.84. The molecule has 16 heavy (non-hydrogen) atoms. The third-order valence-electron chi connectivity index (χ3n) is 3.17. The molecule has 0 saturated carbocycles. The van der Waals surface area contributed by atoms with Crippen molar-refractivity contribution < 1.29 is 9.59 Å². The number of hydrogen-bond donors (Lipinski definition) is 1. The lowest BCUT2D eigenvalue weighted by Crippen LogP contribution is -2.58. The second kappa shape index (κ2) is 4.82. The van der Waals surface area contributed by atoms with Gasteiger partial charge < -0.3 is 15.1 Å². The van der Waals surface area contributed by atoms with Crippen molar-refractivity contribution in [2.24, 2.45) is 0 Å². The molecule has 0 atom stereocenters. The van der Waals surface area contributed by atoms with Crippen LogP contribution in [0.25, 0.3) is 0 Å². The number of nitrogens with one attached hydrogen (secondary N) is 1. The molecule has 1 saturated heterocycles. The van der Waals surface area contributed by atoms with Gasteiger partial charge in [-0.15, -0.1) is 0 Å². The summed E-state index contributed by atoms with van der Waals surface area (Å²) in [7, 11) is 1.78. The average molecular weight is 227 g/mol. The quantitative estimate of drug-likeness (QED) is 0.703. The first-order valence-electron chi connectivity index (χ1n) is 5.62. The molecule has 1 heterocycles. The molecule has 0 bridgehead atoms. The highest BCUT2D eigenvalue weighted by atomic mass is 16.2. The lowest BCUT2D eigenvalue weighted by Gasteiger charge is -2.38. The Morgan fingerprint density at radius 3 is 1.88 bits per heavy atom. The maximum Gasteiger partial charge on any atom is 0.242 e. The predicted molar refractivity (Wildman–Crippen MR) is 62.0 cm³/mol. The highest BCUT2D eigenvalue weighted by Crippen LogP contribution is 2.10. The zero-order valence-electron chi connectivity index (χ0n) is 10.5. The van der Waals surface area contributed by atoms with Crippen molar-refractivity contribution in [1.82, 2.24) is 15.1 Å². The molecule has 5 heteroatoms. The summed E-state index contributed by atoms with van der Waals surface area (Å²) in [5.41, 5.74) is -0.529. The van der Waals surface area contributed by atoms with E-state index in [1.165, 1.54) is 0 Å². The van der Waals surface area contributed by atoms with Gasteiger partial charge in [-0.2, -0.15) is 0 Å². The van der Waals surface area contributed by atoms with E-state index in [1.54, 1.807) is 18.9 Å². The van der Waals surface area contributed by atoms with Crippen molar-refractivity contribution >= 4 is 11.8 Å². The molecule has 0 unspecified atom stereocenters. The Morgan fingerprint density at radius 2 is 1.50 bits per heavy atom. The summed E-state index contributed by atoms with van der Waals surface area (Å²) in [6.07, 6.45) is 0. The van der Waals surface area contributed by atoms with Crippen LogP contribution in [-0.2, 0) is 9.59 Å². The molecule has 0 aromatic rings. The van der Waals surface area contributed by atoms with Crippen molar-refractivity contribution in [2.75, 3.05) is 33.2 Å². The van der Waals surface area contributed by atoms with Crippen molar-refractivity contribution in [1.29, 1.82) is 0 Å². The van der Waals surface area contributed by atoms with E-state index in [1.807, 2.05) is 18.7 Å². The smallest absolute Gasteiger partial charge is 0.242 e. The fraction of sp³-hybridized carbons (Fsp3) is 0.818. The number of carbonyl (C=O) groups excluding carboxylic acids is 2. The maximum atomic E-state index is 12.1. The van der Waals surface area contributed by atoms with Crippen LogP contribution in [0.15, 0.2) is 0 Å². The number of rotatable bonds is 2. The average Bonchev–Trinajstić information content (AvgIpc) is 2.28. The second-order valence-electron chi connectivity index (χ2n) is 4.67. The minimum atomic E-state index is -0.529. The normalized spacial score (nSPS) is 17.5. The van der Waals surface area contributed by atoms with E-state index < -0.39 is 5.54 Å². The van der Waals surface area contributed by atoms with E-state index in [0.717, 1.165) is 0 Å². The van der Waals surface area contributed by atoms with Gasteiger partial charge in [0.25, 0.3) is 0 Å². The summed E-state index contributed by atoms with van der Waals surface area (Å²) in [5.74, 6) is 0.179. The van der Waals surface area contributed by atoms with Crippen LogP contribution < -0.4 is 5.32 Å². The highest BCUT2D eigenvalue weighted by Gasteiger charge is 2.32. The Hall–Kier alpha value is -1.10. The van der Waals surface area contributed by atoms with Crippen LogP contribution in [0.4, 0.5) is 0 Å². The Balaban J connectivity index is 2.54. The Labute approximate surface area is 96.8 Å². The molecule has 0 aromatic heterocycles. The minimum Gasteiger partial charge on any atom is -0.339 e. The van der Waals surface area contributed by atoms with Crippen molar-refractivity contribution in [2.45, 2.75) is 26.3 Å². The van der Waals surface area contributed by atoms with Crippen LogP contribution in [0.5, 0.6) is 0 Å². The zero-order chi connectivity index (χ0) is 12.3. The molecule has 1 fully saturated rings. The van der Waals surface area contributed by atoms with Gasteiger partial charge in [-0.05, 0) is 20.9 Å². The molecule has 0 aliphatic carbocycles. The van der Waals surface area contributed by atoms with E-state index >= 15 is 0 Å². The molecule has 1 aliphatic rings. The van der Waals surface area contributed by atoms with Crippen LogP contribution in [0, 0.1) is 0 Å². The van der Waals surface area contributed by atoms with E-state index in [9.17, 15) is 9.59 Å². The highest BCUT2D eigenvalue weighted by molar-refractivity contribution is 5.85. The van der Waals surface area contributed by atoms with Gasteiger partial charge in [0.15, 0.2) is 0 Å². The summed E-state index contributed by atoms with van der Waals surface area (Å²) in [4.78, 5) is 26.8. The van der Waals surface area contributed by atoms with Gasteiger partial charge >= 0.3 is 0 Å². The molecule has 1 N–H and O–H groups in total. The van der Waals surface area contributed by atoms with E-state index in [2.05, 4.69) is 5.32 Å². The van der Waals surface area contributed by atoms with Crippen molar-refractivity contribution in [3.63, 3.8) is 0 Å². The SMILES string of the molecule is CNC(C)(C)C(=O)N1CCN(C(C)=O)CC1. The number of nitrogens with zero attached hydrogens (tertiary/aromatic N) is 2. The number of carbonyl (C=O) groups is 2. The van der Waals surface area contributed by atoms with Gasteiger partial charge in [-0.3, -0.25) is 9.59 Å². The molecule has 0 aromatic carbocycles. The first kappa shape index (κ1) is 13.0. The standard InChI is InChI=1S/C11H21N3O2/c1-9(15)13-5-7-14(8-6-13)10(16)11(2,3)12-4/h12H,5-8H2,1-4H3. The number of hydrogen-bond acceptors (Lipinski definition) is 3. The van der Waals surface area contributed by atoms with E-state index in [4.69, 9.17) is 0 Å². The van der Waals surface area contributed by atoms with E-state index in [0.29, 0.717) is 26.2 Å². The lowest BCUT2D eigenvalue weighted by atomic mass is 10.0. The molecule has 92 valence electrons. The summed E-state index contributed by atoms with van der Waals surface area (Å²) in [5, 5.41) is 3.00.